The Labute approximate surface area is 228 Å². The Bertz CT molecular complexity index is 459. The van der Waals surface area contributed by atoms with Gasteiger partial charge < -0.3 is 49.3 Å². The fraction of sp³-hybridized carbons (Fsp3) is 1.00. The van der Waals surface area contributed by atoms with Crippen LogP contribution in [0.25, 0.3) is 0 Å². The van der Waals surface area contributed by atoms with Crippen molar-refractivity contribution in [1.82, 2.24) is 0 Å². The lowest BCUT2D eigenvalue weighted by atomic mass is 9.87. The first kappa shape index (κ1) is 37.2. The molecule has 0 fully saturated rings. The Balaban J connectivity index is 5.79. The smallest absolute Gasteiger partial charge is 0.379 e. The minimum atomic E-state index is -2.70. The third-order valence-electron chi connectivity index (χ3n) is 6.99. The molecule has 14 heteroatoms. The molecular weight excluding hydrogens is 537 g/mol. The molecule has 0 aliphatic heterocycles. The first-order valence-electron chi connectivity index (χ1n) is 12.9. The molecule has 0 aliphatic carbocycles. The lowest BCUT2D eigenvalue weighted by Gasteiger charge is -2.37. The molecule has 0 aliphatic rings. The van der Waals surface area contributed by atoms with Crippen LogP contribution in [0.5, 0.6) is 0 Å². The molecular formula is C23H54O11Si3. The average molecular weight is 591 g/mol. The summed E-state index contributed by atoms with van der Waals surface area (Å²) in [6.07, 6.45) is 4.85. The van der Waals surface area contributed by atoms with Crippen molar-refractivity contribution in [2.45, 2.75) is 69.2 Å². The zero-order chi connectivity index (χ0) is 28.3. The Morgan fingerprint density at radius 2 is 0.757 bits per heavy atom. The quantitative estimate of drug-likeness (QED) is 0.109. The standard InChI is InChI=1S/C23H54O11Si3/c1-11-33-18-19-34-23(15-12-20-35(24-2,25-3)26-4,16-13-21-36(27-5,28-6)29-7)17-14-22-37(30-8,31-9)32-10/h11-22H2,1-10H3. The zero-order valence-corrected chi connectivity index (χ0v) is 28.0. The maximum absolute atomic E-state index is 6.63. The fourth-order valence-corrected chi connectivity index (χ4v) is 9.77. The first-order valence-corrected chi connectivity index (χ1v) is 18.7. The van der Waals surface area contributed by atoms with E-state index in [0.717, 1.165) is 38.5 Å². The van der Waals surface area contributed by atoms with Gasteiger partial charge in [-0.2, -0.15) is 0 Å². The molecule has 0 N–H and O–H groups in total. The van der Waals surface area contributed by atoms with Gasteiger partial charge in [0.1, 0.15) is 0 Å². The Kier molecular flexibility index (Phi) is 20.3. The molecule has 0 spiro atoms. The summed E-state index contributed by atoms with van der Waals surface area (Å²) in [4.78, 5) is 0. The lowest BCUT2D eigenvalue weighted by molar-refractivity contribution is -0.0840. The van der Waals surface area contributed by atoms with Gasteiger partial charge in [-0.3, -0.25) is 0 Å². The molecule has 11 nitrogen and oxygen atoms in total. The molecule has 0 aromatic carbocycles. The molecule has 37 heavy (non-hydrogen) atoms. The van der Waals surface area contributed by atoms with Gasteiger partial charge >= 0.3 is 26.4 Å². The molecule has 0 atom stereocenters. The van der Waals surface area contributed by atoms with Crippen LogP contribution in [0.4, 0.5) is 0 Å². The van der Waals surface area contributed by atoms with Gasteiger partial charge in [0.2, 0.25) is 0 Å². The SMILES string of the molecule is CCOCCOC(CCC[Si](OC)(OC)OC)(CCC[Si](OC)(OC)OC)CCC[Si](OC)(OC)OC. The van der Waals surface area contributed by atoms with E-state index < -0.39 is 32.0 Å². The second-order valence-electron chi connectivity index (χ2n) is 8.68. The van der Waals surface area contributed by atoms with Crippen LogP contribution in [0.1, 0.15) is 45.4 Å². The summed E-state index contributed by atoms with van der Waals surface area (Å²) in [5.74, 6) is 0. The summed E-state index contributed by atoms with van der Waals surface area (Å²) in [6.45, 7) is 3.66. The van der Waals surface area contributed by atoms with E-state index in [1.807, 2.05) is 6.92 Å². The summed E-state index contributed by atoms with van der Waals surface area (Å²) in [5.41, 5.74) is -0.419. The van der Waals surface area contributed by atoms with Crippen LogP contribution in [0, 0.1) is 0 Å². The number of hydrogen-bond donors (Lipinski definition) is 0. The first-order chi connectivity index (χ1) is 17.7. The molecule has 0 rings (SSSR count). The highest BCUT2D eigenvalue weighted by atomic mass is 28.4. The second kappa shape index (κ2) is 20.1. The molecule has 0 saturated heterocycles. The molecule has 0 bridgehead atoms. The van der Waals surface area contributed by atoms with Crippen LogP contribution < -0.4 is 0 Å². The zero-order valence-electron chi connectivity index (χ0n) is 25.0. The van der Waals surface area contributed by atoms with Crippen molar-refractivity contribution in [1.29, 1.82) is 0 Å². The van der Waals surface area contributed by atoms with Crippen LogP contribution in [-0.4, -0.2) is 116 Å². The number of rotatable bonds is 26. The summed E-state index contributed by atoms with van der Waals surface area (Å²) < 4.78 is 63.0. The van der Waals surface area contributed by atoms with Crippen molar-refractivity contribution < 1.29 is 49.3 Å². The third-order valence-corrected chi connectivity index (χ3v) is 15.5. The van der Waals surface area contributed by atoms with E-state index in [1.165, 1.54) is 0 Å². The van der Waals surface area contributed by atoms with E-state index in [4.69, 9.17) is 49.3 Å². The maximum atomic E-state index is 6.63. The van der Waals surface area contributed by atoms with Crippen LogP contribution >= 0.6 is 0 Å². The van der Waals surface area contributed by atoms with Crippen molar-refractivity contribution in [3.05, 3.63) is 0 Å². The van der Waals surface area contributed by atoms with Crippen LogP contribution in [0.3, 0.4) is 0 Å². The van der Waals surface area contributed by atoms with Crippen LogP contribution in [-0.2, 0) is 49.3 Å². The summed E-state index contributed by atoms with van der Waals surface area (Å²) in [5, 5.41) is 0. The Hall–Kier alpha value is 0.211. The second-order valence-corrected chi connectivity index (χ2v) is 17.9. The summed E-state index contributed by atoms with van der Waals surface area (Å²) in [6, 6.07) is 2.06. The average Bonchev–Trinajstić information content (AvgIpc) is 2.95. The minimum absolute atomic E-state index is 0.419. The normalized spacial score (nSPS) is 13.5. The van der Waals surface area contributed by atoms with E-state index in [-0.39, 0.29) is 0 Å². The molecule has 0 radical (unpaired) electrons. The molecule has 0 heterocycles. The molecule has 0 saturated carbocycles. The highest BCUT2D eigenvalue weighted by Gasteiger charge is 2.43. The van der Waals surface area contributed by atoms with Gasteiger partial charge in [-0.1, -0.05) is 0 Å². The van der Waals surface area contributed by atoms with Gasteiger partial charge in [-0.05, 0) is 45.4 Å². The number of hydrogen-bond acceptors (Lipinski definition) is 11. The van der Waals surface area contributed by atoms with Gasteiger partial charge in [0.05, 0.1) is 18.8 Å². The van der Waals surface area contributed by atoms with Gasteiger partial charge in [0.15, 0.2) is 0 Å². The van der Waals surface area contributed by atoms with E-state index in [9.17, 15) is 0 Å². The van der Waals surface area contributed by atoms with Gasteiger partial charge in [-0.15, -0.1) is 0 Å². The minimum Gasteiger partial charge on any atom is -0.379 e. The van der Waals surface area contributed by atoms with Crippen LogP contribution in [0.2, 0.25) is 18.1 Å². The van der Waals surface area contributed by atoms with Crippen molar-refractivity contribution in [2.75, 3.05) is 83.8 Å². The predicted octanol–water partition coefficient (Wildman–Crippen LogP) is 3.75. The van der Waals surface area contributed by atoms with Crippen molar-refractivity contribution >= 4 is 26.4 Å². The van der Waals surface area contributed by atoms with Gasteiger partial charge in [-0.25, -0.2) is 0 Å². The van der Waals surface area contributed by atoms with Crippen LogP contribution in [0.15, 0.2) is 0 Å². The molecule has 224 valence electrons. The maximum Gasteiger partial charge on any atom is 0.500 e. The molecule has 0 aromatic rings. The van der Waals surface area contributed by atoms with E-state index in [2.05, 4.69) is 0 Å². The highest BCUT2D eigenvalue weighted by molar-refractivity contribution is 6.61. The third kappa shape index (κ3) is 12.5. The Morgan fingerprint density at radius 1 is 0.459 bits per heavy atom. The number of ether oxygens (including phenoxy) is 2. The highest BCUT2D eigenvalue weighted by Crippen LogP contribution is 2.35. The van der Waals surface area contributed by atoms with Crippen molar-refractivity contribution in [3.63, 3.8) is 0 Å². The summed E-state index contributed by atoms with van der Waals surface area (Å²) in [7, 11) is 6.64. The molecule has 0 unspecified atom stereocenters. The van der Waals surface area contributed by atoms with Gasteiger partial charge in [0, 0.05) is 88.7 Å². The summed E-state index contributed by atoms with van der Waals surface area (Å²) >= 11 is 0. The molecule has 0 amide bonds. The van der Waals surface area contributed by atoms with E-state index >= 15 is 0 Å². The van der Waals surface area contributed by atoms with Crippen molar-refractivity contribution in [3.8, 4) is 0 Å². The van der Waals surface area contributed by atoms with Gasteiger partial charge in [0.25, 0.3) is 0 Å². The lowest BCUT2D eigenvalue weighted by Crippen LogP contribution is -2.45. The predicted molar refractivity (Wildman–Crippen MR) is 148 cm³/mol. The molecule has 0 aromatic heterocycles. The monoisotopic (exact) mass is 590 g/mol. The fourth-order valence-electron chi connectivity index (χ4n) is 4.60. The van der Waals surface area contributed by atoms with Crippen molar-refractivity contribution in [2.24, 2.45) is 0 Å². The largest absolute Gasteiger partial charge is 0.500 e. The Morgan fingerprint density at radius 3 is 1.00 bits per heavy atom. The van der Waals surface area contributed by atoms with E-state index in [1.54, 1.807) is 64.0 Å². The topological polar surface area (TPSA) is 102 Å². The van der Waals surface area contributed by atoms with E-state index in [0.29, 0.717) is 38.0 Å².